The maximum Gasteiger partial charge on any atom is 0.292 e. The van der Waals surface area contributed by atoms with Crippen molar-refractivity contribution in [1.29, 1.82) is 0 Å². The van der Waals surface area contributed by atoms with Gasteiger partial charge in [-0.3, -0.25) is 4.79 Å². The Morgan fingerprint density at radius 1 is 1.43 bits per heavy atom. The zero-order valence-electron chi connectivity index (χ0n) is 7.78. The summed E-state index contributed by atoms with van der Waals surface area (Å²) >= 11 is 3.36. The molecule has 2 heterocycles. The summed E-state index contributed by atoms with van der Waals surface area (Å²) < 4.78 is 2.17. The Bertz CT molecular complexity index is 562. The third-order valence-electron chi connectivity index (χ3n) is 2.18. The fourth-order valence-corrected chi connectivity index (χ4v) is 1.59. The number of rotatable bonds is 0. The Morgan fingerprint density at radius 3 is 2.86 bits per heavy atom. The zero-order valence-corrected chi connectivity index (χ0v) is 9.37. The molecule has 0 saturated heterocycles. The number of pyridine rings is 1. The number of hydrogen-bond donors (Lipinski definition) is 0. The summed E-state index contributed by atoms with van der Waals surface area (Å²) in [5, 5.41) is 4.75. The van der Waals surface area contributed by atoms with Crippen LogP contribution in [-0.2, 0) is 7.05 Å². The SMILES string of the molecule is Cc1c(Br)cnc2c(=O)n(C)ncc12. The molecule has 0 saturated carbocycles. The van der Waals surface area contributed by atoms with Crippen LogP contribution in [0, 0.1) is 6.92 Å². The molecule has 14 heavy (non-hydrogen) atoms. The molecule has 0 amide bonds. The molecule has 0 aliphatic heterocycles. The second kappa shape index (κ2) is 3.16. The Labute approximate surface area is 88.7 Å². The number of aromatic nitrogens is 3. The molecule has 0 spiro atoms. The summed E-state index contributed by atoms with van der Waals surface area (Å²) in [7, 11) is 1.61. The zero-order chi connectivity index (χ0) is 10.3. The largest absolute Gasteiger partial charge is 0.292 e. The molecule has 72 valence electrons. The number of halogens is 1. The van der Waals surface area contributed by atoms with E-state index in [2.05, 4.69) is 26.0 Å². The summed E-state index contributed by atoms with van der Waals surface area (Å²) in [4.78, 5) is 15.7. The standard InChI is InChI=1S/C9H8BrN3O/c1-5-6-3-12-13(2)9(14)8(6)11-4-7(5)10/h3-4H,1-2H3. The van der Waals surface area contributed by atoms with E-state index >= 15 is 0 Å². The second-order valence-corrected chi connectivity index (χ2v) is 3.92. The fourth-order valence-electron chi connectivity index (χ4n) is 1.27. The molecule has 0 atom stereocenters. The van der Waals surface area contributed by atoms with E-state index in [-0.39, 0.29) is 5.56 Å². The van der Waals surface area contributed by atoms with Gasteiger partial charge in [-0.05, 0) is 28.4 Å². The highest BCUT2D eigenvalue weighted by Crippen LogP contribution is 2.20. The van der Waals surface area contributed by atoms with Crippen molar-refractivity contribution in [1.82, 2.24) is 14.8 Å². The van der Waals surface area contributed by atoms with Crippen LogP contribution < -0.4 is 5.56 Å². The van der Waals surface area contributed by atoms with E-state index < -0.39 is 0 Å². The minimum absolute atomic E-state index is 0.168. The van der Waals surface area contributed by atoms with Crippen molar-refractivity contribution in [2.45, 2.75) is 6.92 Å². The molecule has 0 aliphatic carbocycles. The van der Waals surface area contributed by atoms with Crippen molar-refractivity contribution in [3.63, 3.8) is 0 Å². The lowest BCUT2D eigenvalue weighted by Crippen LogP contribution is -2.20. The number of fused-ring (bicyclic) bond motifs is 1. The predicted molar refractivity (Wildman–Crippen MR) is 57.2 cm³/mol. The molecule has 2 rings (SSSR count). The molecule has 0 aliphatic rings. The molecule has 0 fully saturated rings. The summed E-state index contributed by atoms with van der Waals surface area (Å²) in [6, 6.07) is 0. The van der Waals surface area contributed by atoms with Crippen LogP contribution in [0.5, 0.6) is 0 Å². The van der Waals surface area contributed by atoms with Crippen molar-refractivity contribution < 1.29 is 0 Å². The van der Waals surface area contributed by atoms with Gasteiger partial charge >= 0.3 is 0 Å². The normalized spacial score (nSPS) is 10.8. The van der Waals surface area contributed by atoms with Crippen LogP contribution in [0.15, 0.2) is 21.7 Å². The molecule has 0 aromatic carbocycles. The van der Waals surface area contributed by atoms with E-state index in [1.165, 1.54) is 4.68 Å². The van der Waals surface area contributed by atoms with E-state index in [1.807, 2.05) is 6.92 Å². The van der Waals surface area contributed by atoms with E-state index in [0.717, 1.165) is 15.4 Å². The van der Waals surface area contributed by atoms with Gasteiger partial charge in [-0.25, -0.2) is 9.67 Å². The van der Waals surface area contributed by atoms with Crippen molar-refractivity contribution in [2.75, 3.05) is 0 Å². The topological polar surface area (TPSA) is 47.8 Å². The van der Waals surface area contributed by atoms with E-state index in [1.54, 1.807) is 19.4 Å². The Hall–Kier alpha value is -1.23. The Morgan fingerprint density at radius 2 is 2.14 bits per heavy atom. The highest BCUT2D eigenvalue weighted by atomic mass is 79.9. The first-order valence-corrected chi connectivity index (χ1v) is 4.87. The average molecular weight is 254 g/mol. The average Bonchev–Trinajstić information content (AvgIpc) is 2.17. The Kier molecular flexibility index (Phi) is 2.11. The minimum Gasteiger partial charge on any atom is -0.265 e. The van der Waals surface area contributed by atoms with Gasteiger partial charge in [0, 0.05) is 23.1 Å². The van der Waals surface area contributed by atoms with Gasteiger partial charge in [0.25, 0.3) is 5.56 Å². The fraction of sp³-hybridized carbons (Fsp3) is 0.222. The number of aryl methyl sites for hydroxylation is 2. The van der Waals surface area contributed by atoms with Crippen LogP contribution >= 0.6 is 15.9 Å². The van der Waals surface area contributed by atoms with Crippen molar-refractivity contribution in [2.24, 2.45) is 7.05 Å². The van der Waals surface area contributed by atoms with Gasteiger partial charge in [0.15, 0.2) is 0 Å². The van der Waals surface area contributed by atoms with E-state index in [4.69, 9.17) is 0 Å². The third kappa shape index (κ3) is 1.24. The molecule has 0 unspecified atom stereocenters. The van der Waals surface area contributed by atoms with Crippen molar-refractivity contribution in [3.8, 4) is 0 Å². The summed E-state index contributed by atoms with van der Waals surface area (Å²) in [5.41, 5.74) is 1.28. The summed E-state index contributed by atoms with van der Waals surface area (Å²) in [5.74, 6) is 0. The molecule has 0 bridgehead atoms. The quantitative estimate of drug-likeness (QED) is 0.713. The van der Waals surface area contributed by atoms with Gasteiger partial charge in [-0.2, -0.15) is 5.10 Å². The number of hydrogen-bond acceptors (Lipinski definition) is 3. The lowest BCUT2D eigenvalue weighted by atomic mass is 10.2. The number of nitrogens with zero attached hydrogens (tertiary/aromatic N) is 3. The van der Waals surface area contributed by atoms with Gasteiger partial charge in [0.05, 0.1) is 6.20 Å². The first-order valence-electron chi connectivity index (χ1n) is 4.08. The maximum absolute atomic E-state index is 11.6. The van der Waals surface area contributed by atoms with Gasteiger partial charge in [0.2, 0.25) is 0 Å². The van der Waals surface area contributed by atoms with Crippen molar-refractivity contribution >= 4 is 26.8 Å². The predicted octanol–water partition coefficient (Wildman–Crippen LogP) is 1.40. The molecule has 2 aromatic heterocycles. The molecular weight excluding hydrogens is 246 g/mol. The molecule has 4 nitrogen and oxygen atoms in total. The van der Waals surface area contributed by atoms with E-state index in [9.17, 15) is 4.79 Å². The lowest BCUT2D eigenvalue weighted by Gasteiger charge is -2.03. The highest BCUT2D eigenvalue weighted by molar-refractivity contribution is 9.10. The summed E-state index contributed by atoms with van der Waals surface area (Å²) in [6.07, 6.45) is 3.29. The molecule has 5 heteroatoms. The summed E-state index contributed by atoms with van der Waals surface area (Å²) in [6.45, 7) is 1.93. The monoisotopic (exact) mass is 253 g/mol. The molecule has 2 aromatic rings. The highest BCUT2D eigenvalue weighted by Gasteiger charge is 2.07. The molecule has 0 N–H and O–H groups in total. The van der Waals surface area contributed by atoms with Crippen LogP contribution in [0.3, 0.4) is 0 Å². The van der Waals surface area contributed by atoms with Crippen molar-refractivity contribution in [3.05, 3.63) is 32.8 Å². The van der Waals surface area contributed by atoms with Crippen LogP contribution in [-0.4, -0.2) is 14.8 Å². The molecule has 0 radical (unpaired) electrons. The van der Waals surface area contributed by atoms with Gasteiger partial charge in [-0.15, -0.1) is 0 Å². The van der Waals surface area contributed by atoms with Crippen LogP contribution in [0.4, 0.5) is 0 Å². The Balaban J connectivity index is 3.02. The minimum atomic E-state index is -0.168. The van der Waals surface area contributed by atoms with Crippen LogP contribution in [0.1, 0.15) is 5.56 Å². The van der Waals surface area contributed by atoms with Gasteiger partial charge in [0.1, 0.15) is 5.52 Å². The van der Waals surface area contributed by atoms with E-state index in [0.29, 0.717) is 5.52 Å². The first kappa shape index (κ1) is 9.33. The van der Waals surface area contributed by atoms with Gasteiger partial charge in [-0.1, -0.05) is 0 Å². The lowest BCUT2D eigenvalue weighted by molar-refractivity contribution is 0.715. The second-order valence-electron chi connectivity index (χ2n) is 3.07. The molecular formula is C9H8BrN3O. The third-order valence-corrected chi connectivity index (χ3v) is 2.98. The van der Waals surface area contributed by atoms with Crippen LogP contribution in [0.25, 0.3) is 10.9 Å². The first-order chi connectivity index (χ1) is 6.61. The van der Waals surface area contributed by atoms with Crippen LogP contribution in [0.2, 0.25) is 0 Å². The maximum atomic E-state index is 11.6. The van der Waals surface area contributed by atoms with Gasteiger partial charge < -0.3 is 0 Å². The smallest absolute Gasteiger partial charge is 0.265 e.